The van der Waals surface area contributed by atoms with E-state index >= 15 is 0 Å². The predicted octanol–water partition coefficient (Wildman–Crippen LogP) is 1.28. The van der Waals surface area contributed by atoms with Gasteiger partial charge < -0.3 is 10.6 Å². The van der Waals surface area contributed by atoms with Crippen molar-refractivity contribution in [2.45, 2.75) is 25.3 Å². The summed E-state index contributed by atoms with van der Waals surface area (Å²) in [5.74, 6) is -0.334. The molecule has 1 aromatic rings. The Bertz CT molecular complexity index is 458. The third kappa shape index (κ3) is 4.04. The lowest BCUT2D eigenvalue weighted by Crippen LogP contribution is -2.38. The van der Waals surface area contributed by atoms with Crippen LogP contribution in [0.2, 0.25) is 5.02 Å². The molecule has 18 heavy (non-hydrogen) atoms. The van der Waals surface area contributed by atoms with Crippen molar-refractivity contribution < 1.29 is 9.59 Å². The van der Waals surface area contributed by atoms with Gasteiger partial charge >= 0.3 is 0 Å². The summed E-state index contributed by atoms with van der Waals surface area (Å²) in [7, 11) is 0. The molecule has 0 radical (unpaired) electrons. The fraction of sp³-hybridized carbons (Fsp3) is 0.385. The van der Waals surface area contributed by atoms with E-state index in [0.29, 0.717) is 11.1 Å². The van der Waals surface area contributed by atoms with Crippen molar-refractivity contribution in [3.63, 3.8) is 0 Å². The van der Waals surface area contributed by atoms with Crippen molar-refractivity contribution >= 4 is 23.4 Å². The molecular weight excluding hydrogens is 252 g/mol. The molecule has 2 rings (SSSR count). The van der Waals surface area contributed by atoms with Crippen LogP contribution >= 0.6 is 11.6 Å². The lowest BCUT2D eigenvalue weighted by Gasteiger charge is -2.06. The summed E-state index contributed by atoms with van der Waals surface area (Å²) in [6, 6.07) is 7.50. The molecule has 0 aliphatic heterocycles. The zero-order valence-corrected chi connectivity index (χ0v) is 10.7. The number of rotatable bonds is 5. The number of carbonyl (C=O) groups is 2. The van der Waals surface area contributed by atoms with E-state index in [1.54, 1.807) is 12.1 Å². The van der Waals surface area contributed by atoms with Crippen LogP contribution in [-0.2, 0) is 16.0 Å². The van der Waals surface area contributed by atoms with Gasteiger partial charge in [0.25, 0.3) is 0 Å². The summed E-state index contributed by atoms with van der Waals surface area (Å²) in [4.78, 5) is 23.0. The summed E-state index contributed by atoms with van der Waals surface area (Å²) in [6.07, 6.45) is 2.27. The normalized spacial score (nSPS) is 14.1. The van der Waals surface area contributed by atoms with E-state index in [2.05, 4.69) is 10.6 Å². The van der Waals surface area contributed by atoms with Gasteiger partial charge in [0, 0.05) is 11.1 Å². The molecule has 1 aliphatic rings. The van der Waals surface area contributed by atoms with Crippen molar-refractivity contribution in [1.82, 2.24) is 10.6 Å². The fourth-order valence-corrected chi connectivity index (χ4v) is 1.77. The van der Waals surface area contributed by atoms with Crippen molar-refractivity contribution in [2.24, 2.45) is 0 Å². The molecule has 2 amide bonds. The zero-order chi connectivity index (χ0) is 13.0. The Labute approximate surface area is 111 Å². The van der Waals surface area contributed by atoms with Gasteiger partial charge in [-0.05, 0) is 24.5 Å². The van der Waals surface area contributed by atoms with Crippen LogP contribution in [-0.4, -0.2) is 24.4 Å². The van der Waals surface area contributed by atoms with Gasteiger partial charge in [-0.2, -0.15) is 0 Å². The highest BCUT2D eigenvalue weighted by molar-refractivity contribution is 6.31. The molecule has 0 saturated heterocycles. The topological polar surface area (TPSA) is 58.2 Å². The molecule has 0 bridgehead atoms. The fourth-order valence-electron chi connectivity index (χ4n) is 1.56. The summed E-state index contributed by atoms with van der Waals surface area (Å²) >= 11 is 5.95. The van der Waals surface area contributed by atoms with Crippen molar-refractivity contribution in [3.8, 4) is 0 Å². The van der Waals surface area contributed by atoms with Gasteiger partial charge in [-0.25, -0.2) is 0 Å². The summed E-state index contributed by atoms with van der Waals surface area (Å²) in [6.45, 7) is 0.0276. The van der Waals surface area contributed by atoms with Crippen LogP contribution in [0, 0.1) is 0 Å². The third-order valence-corrected chi connectivity index (χ3v) is 3.07. The Kier molecular flexibility index (Phi) is 4.20. The highest BCUT2D eigenvalue weighted by Crippen LogP contribution is 2.18. The summed E-state index contributed by atoms with van der Waals surface area (Å²) in [5, 5.41) is 5.95. The van der Waals surface area contributed by atoms with Gasteiger partial charge in [0.1, 0.15) is 0 Å². The molecule has 1 aromatic carbocycles. The number of halogens is 1. The highest BCUT2D eigenvalue weighted by atomic mass is 35.5. The average molecular weight is 267 g/mol. The van der Waals surface area contributed by atoms with Gasteiger partial charge in [-0.1, -0.05) is 29.8 Å². The Morgan fingerprint density at radius 2 is 1.94 bits per heavy atom. The Morgan fingerprint density at radius 3 is 2.61 bits per heavy atom. The van der Waals surface area contributed by atoms with E-state index in [1.165, 1.54) is 0 Å². The van der Waals surface area contributed by atoms with Crippen LogP contribution in [0.4, 0.5) is 0 Å². The number of amides is 2. The van der Waals surface area contributed by atoms with Crippen LogP contribution in [0.1, 0.15) is 18.4 Å². The lowest BCUT2D eigenvalue weighted by atomic mass is 10.1. The highest BCUT2D eigenvalue weighted by Gasteiger charge is 2.23. The Morgan fingerprint density at radius 1 is 1.22 bits per heavy atom. The van der Waals surface area contributed by atoms with E-state index in [-0.39, 0.29) is 24.8 Å². The number of hydrogen-bond donors (Lipinski definition) is 2. The molecule has 0 unspecified atom stereocenters. The molecule has 0 aromatic heterocycles. The molecule has 1 saturated carbocycles. The van der Waals surface area contributed by atoms with E-state index in [1.807, 2.05) is 12.1 Å². The van der Waals surface area contributed by atoms with E-state index in [4.69, 9.17) is 11.6 Å². The monoisotopic (exact) mass is 266 g/mol. The molecular formula is C13H15ClN2O2. The second kappa shape index (κ2) is 5.87. The first-order valence-electron chi connectivity index (χ1n) is 5.94. The number of nitrogens with one attached hydrogen (secondary N) is 2. The van der Waals surface area contributed by atoms with Crippen LogP contribution < -0.4 is 10.6 Å². The second-order valence-electron chi connectivity index (χ2n) is 4.39. The maximum atomic E-state index is 11.6. The molecule has 0 heterocycles. The van der Waals surface area contributed by atoms with Gasteiger partial charge in [-0.15, -0.1) is 0 Å². The van der Waals surface area contributed by atoms with Gasteiger partial charge in [0.15, 0.2) is 0 Å². The minimum Gasteiger partial charge on any atom is -0.352 e. The standard InChI is InChI=1S/C13H15ClN2O2/c14-11-4-2-1-3-9(11)7-12(17)15-8-13(18)16-10-5-6-10/h1-4,10H,5-8H2,(H,15,17)(H,16,18). The molecule has 1 fully saturated rings. The largest absolute Gasteiger partial charge is 0.352 e. The second-order valence-corrected chi connectivity index (χ2v) is 4.79. The van der Waals surface area contributed by atoms with Crippen molar-refractivity contribution in [3.05, 3.63) is 34.9 Å². The minimum atomic E-state index is -0.200. The first-order chi connectivity index (χ1) is 8.65. The van der Waals surface area contributed by atoms with Gasteiger partial charge in [-0.3, -0.25) is 9.59 Å². The molecule has 5 heteroatoms. The van der Waals surface area contributed by atoms with Gasteiger partial charge in [0.05, 0.1) is 13.0 Å². The van der Waals surface area contributed by atoms with E-state index in [9.17, 15) is 9.59 Å². The number of benzene rings is 1. The lowest BCUT2D eigenvalue weighted by molar-refractivity contribution is -0.125. The van der Waals surface area contributed by atoms with Crippen molar-refractivity contribution in [2.75, 3.05) is 6.54 Å². The molecule has 0 atom stereocenters. The Hall–Kier alpha value is -1.55. The molecule has 2 N–H and O–H groups in total. The zero-order valence-electron chi connectivity index (χ0n) is 9.91. The van der Waals surface area contributed by atoms with E-state index < -0.39 is 0 Å². The number of hydrogen-bond acceptors (Lipinski definition) is 2. The van der Waals surface area contributed by atoms with Crippen LogP contribution in [0.15, 0.2) is 24.3 Å². The maximum absolute atomic E-state index is 11.6. The first kappa shape index (κ1) is 12.9. The molecule has 1 aliphatic carbocycles. The Balaban J connectivity index is 1.74. The molecule has 96 valence electrons. The third-order valence-electron chi connectivity index (χ3n) is 2.70. The van der Waals surface area contributed by atoms with Crippen LogP contribution in [0.3, 0.4) is 0 Å². The summed E-state index contributed by atoms with van der Waals surface area (Å²) < 4.78 is 0. The maximum Gasteiger partial charge on any atom is 0.239 e. The minimum absolute atomic E-state index is 0.0276. The molecule has 0 spiro atoms. The first-order valence-corrected chi connectivity index (χ1v) is 6.32. The quantitative estimate of drug-likeness (QED) is 0.843. The average Bonchev–Trinajstić information content (AvgIpc) is 3.13. The van der Waals surface area contributed by atoms with Crippen LogP contribution in [0.25, 0.3) is 0 Å². The number of carbonyl (C=O) groups excluding carboxylic acids is 2. The van der Waals surface area contributed by atoms with Crippen molar-refractivity contribution in [1.29, 1.82) is 0 Å². The smallest absolute Gasteiger partial charge is 0.239 e. The SMILES string of the molecule is O=C(Cc1ccccc1Cl)NCC(=O)NC1CC1. The molecule has 4 nitrogen and oxygen atoms in total. The predicted molar refractivity (Wildman–Crippen MR) is 69.3 cm³/mol. The van der Waals surface area contributed by atoms with Crippen LogP contribution in [0.5, 0.6) is 0 Å². The van der Waals surface area contributed by atoms with E-state index in [0.717, 1.165) is 18.4 Å². The van der Waals surface area contributed by atoms with Gasteiger partial charge in [0.2, 0.25) is 11.8 Å². The summed E-state index contributed by atoms with van der Waals surface area (Å²) in [5.41, 5.74) is 0.763.